The van der Waals surface area contributed by atoms with Crippen LogP contribution < -0.4 is 5.32 Å². The number of anilines is 1. The lowest BCUT2D eigenvalue weighted by Gasteiger charge is -2.20. The molecule has 0 amide bonds. The smallest absolute Gasteiger partial charge is 0.326 e. The normalized spacial score (nSPS) is 13.0. The van der Waals surface area contributed by atoms with Gasteiger partial charge in [0.25, 0.3) is 0 Å². The second-order valence-corrected chi connectivity index (χ2v) is 6.07. The maximum Gasteiger partial charge on any atom is 0.326 e. The third-order valence-electron chi connectivity index (χ3n) is 2.94. The van der Waals surface area contributed by atoms with E-state index in [1.54, 1.807) is 13.2 Å². The Labute approximate surface area is 126 Å². The zero-order chi connectivity index (χ0) is 16.0. The standard InChI is InChI=1S/C15H25N3O3/c1-6-7-11(13(19)20)17-12-8-10(9-21-5)16-14(18-12)15(2,3)4/h8,11H,6-7,9H2,1-5H3,(H,19,20)(H,16,17,18). The Hall–Kier alpha value is -1.69. The van der Waals surface area contributed by atoms with Crippen LogP contribution in [0.4, 0.5) is 5.82 Å². The maximum absolute atomic E-state index is 11.3. The summed E-state index contributed by atoms with van der Waals surface area (Å²) >= 11 is 0. The van der Waals surface area contributed by atoms with Crippen molar-refractivity contribution in [3.63, 3.8) is 0 Å². The van der Waals surface area contributed by atoms with Crippen molar-refractivity contribution in [2.45, 2.75) is 58.6 Å². The number of aromatic nitrogens is 2. The van der Waals surface area contributed by atoms with Crippen LogP contribution in [0.2, 0.25) is 0 Å². The molecule has 0 aliphatic carbocycles. The molecule has 0 aromatic carbocycles. The molecular weight excluding hydrogens is 270 g/mol. The molecule has 0 saturated heterocycles. The molecule has 21 heavy (non-hydrogen) atoms. The maximum atomic E-state index is 11.3. The lowest BCUT2D eigenvalue weighted by atomic mass is 9.95. The van der Waals surface area contributed by atoms with E-state index in [9.17, 15) is 9.90 Å². The molecule has 118 valence electrons. The highest BCUT2D eigenvalue weighted by atomic mass is 16.5. The average Bonchev–Trinajstić information content (AvgIpc) is 2.37. The third-order valence-corrected chi connectivity index (χ3v) is 2.94. The summed E-state index contributed by atoms with van der Waals surface area (Å²) < 4.78 is 5.12. The van der Waals surface area contributed by atoms with Crippen LogP contribution in [-0.2, 0) is 21.6 Å². The SMILES string of the molecule is CCCC(Nc1cc(COC)nc(C(C)(C)C)n1)C(=O)O. The van der Waals surface area contributed by atoms with Crippen molar-refractivity contribution in [2.24, 2.45) is 0 Å². The van der Waals surface area contributed by atoms with Crippen molar-refractivity contribution < 1.29 is 14.6 Å². The lowest BCUT2D eigenvalue weighted by molar-refractivity contribution is -0.138. The fourth-order valence-corrected chi connectivity index (χ4v) is 1.85. The minimum atomic E-state index is -0.874. The molecule has 6 nitrogen and oxygen atoms in total. The highest BCUT2D eigenvalue weighted by Gasteiger charge is 2.21. The van der Waals surface area contributed by atoms with E-state index in [2.05, 4.69) is 15.3 Å². The first-order chi connectivity index (χ1) is 9.77. The van der Waals surface area contributed by atoms with Crippen LogP contribution in [0.15, 0.2) is 6.07 Å². The Morgan fingerprint density at radius 2 is 2.10 bits per heavy atom. The molecule has 1 aromatic rings. The fraction of sp³-hybridized carbons (Fsp3) is 0.667. The predicted molar refractivity (Wildman–Crippen MR) is 81.4 cm³/mol. The third kappa shape index (κ3) is 5.30. The topological polar surface area (TPSA) is 84.3 Å². The largest absolute Gasteiger partial charge is 0.480 e. The summed E-state index contributed by atoms with van der Waals surface area (Å²) in [6, 6.07) is 1.10. The molecular formula is C15H25N3O3. The molecule has 0 aliphatic heterocycles. The molecule has 0 bridgehead atoms. The summed E-state index contributed by atoms with van der Waals surface area (Å²) in [6.07, 6.45) is 1.33. The molecule has 1 atom stereocenters. The van der Waals surface area contributed by atoms with Crippen molar-refractivity contribution in [1.82, 2.24) is 9.97 Å². The molecule has 0 radical (unpaired) electrons. The summed E-state index contributed by atoms with van der Waals surface area (Å²) in [5.41, 5.74) is 0.518. The Balaban J connectivity index is 3.09. The number of ether oxygens (including phenoxy) is 1. The number of nitrogens with zero attached hydrogens (tertiary/aromatic N) is 2. The number of aliphatic carboxylic acids is 1. The van der Waals surface area contributed by atoms with Crippen LogP contribution in [0.5, 0.6) is 0 Å². The van der Waals surface area contributed by atoms with Crippen LogP contribution in [0.3, 0.4) is 0 Å². The van der Waals surface area contributed by atoms with Crippen molar-refractivity contribution in [3.05, 3.63) is 17.6 Å². The summed E-state index contributed by atoms with van der Waals surface area (Å²) in [6.45, 7) is 8.37. The van der Waals surface area contributed by atoms with Gasteiger partial charge in [0, 0.05) is 18.6 Å². The van der Waals surface area contributed by atoms with E-state index in [-0.39, 0.29) is 5.41 Å². The first-order valence-electron chi connectivity index (χ1n) is 7.14. The molecule has 1 rings (SSSR count). The molecule has 0 fully saturated rings. The van der Waals surface area contributed by atoms with E-state index < -0.39 is 12.0 Å². The van der Waals surface area contributed by atoms with E-state index in [4.69, 9.17) is 4.74 Å². The minimum Gasteiger partial charge on any atom is -0.480 e. The van der Waals surface area contributed by atoms with E-state index in [1.165, 1.54) is 0 Å². The minimum absolute atomic E-state index is 0.219. The van der Waals surface area contributed by atoms with Crippen LogP contribution in [0.1, 0.15) is 52.1 Å². The summed E-state index contributed by atoms with van der Waals surface area (Å²) in [5, 5.41) is 12.2. The Bertz CT molecular complexity index is 484. The van der Waals surface area contributed by atoms with Gasteiger partial charge in [-0.05, 0) is 6.42 Å². The Morgan fingerprint density at radius 1 is 1.43 bits per heavy atom. The molecule has 1 heterocycles. The predicted octanol–water partition coefficient (Wildman–Crippen LogP) is 2.59. The molecule has 1 aromatic heterocycles. The van der Waals surface area contributed by atoms with Crippen molar-refractivity contribution in [3.8, 4) is 0 Å². The van der Waals surface area contributed by atoms with Gasteiger partial charge in [-0.25, -0.2) is 14.8 Å². The fourth-order valence-electron chi connectivity index (χ4n) is 1.85. The van der Waals surface area contributed by atoms with E-state index in [0.717, 1.165) is 12.1 Å². The monoisotopic (exact) mass is 295 g/mol. The van der Waals surface area contributed by atoms with Crippen LogP contribution in [0.25, 0.3) is 0 Å². The number of nitrogens with one attached hydrogen (secondary N) is 1. The second-order valence-electron chi connectivity index (χ2n) is 6.07. The van der Waals surface area contributed by atoms with E-state index >= 15 is 0 Å². The second kappa shape index (κ2) is 7.36. The zero-order valence-electron chi connectivity index (χ0n) is 13.4. The van der Waals surface area contributed by atoms with Gasteiger partial charge in [-0.15, -0.1) is 0 Å². The molecule has 2 N–H and O–H groups in total. The van der Waals surface area contributed by atoms with E-state index in [1.807, 2.05) is 27.7 Å². The van der Waals surface area contributed by atoms with Crippen LogP contribution in [0, 0.1) is 0 Å². The number of rotatable bonds is 7. The molecule has 0 aliphatic rings. The van der Waals surface area contributed by atoms with Gasteiger partial charge in [0.2, 0.25) is 0 Å². The lowest BCUT2D eigenvalue weighted by Crippen LogP contribution is -2.30. The van der Waals surface area contributed by atoms with Gasteiger partial charge in [0.1, 0.15) is 17.7 Å². The number of hydrogen-bond acceptors (Lipinski definition) is 5. The number of carboxylic acid groups (broad SMARTS) is 1. The van der Waals surface area contributed by atoms with Crippen LogP contribution in [-0.4, -0.2) is 34.2 Å². The summed E-state index contributed by atoms with van der Waals surface area (Å²) in [5.74, 6) is 0.323. The molecule has 6 heteroatoms. The first-order valence-corrected chi connectivity index (χ1v) is 7.14. The first kappa shape index (κ1) is 17.4. The van der Waals surface area contributed by atoms with Gasteiger partial charge in [0.05, 0.1) is 12.3 Å². The van der Waals surface area contributed by atoms with Crippen molar-refractivity contribution in [2.75, 3.05) is 12.4 Å². The Kier molecular flexibility index (Phi) is 6.08. The molecule has 1 unspecified atom stereocenters. The average molecular weight is 295 g/mol. The number of carboxylic acids is 1. The molecule has 0 spiro atoms. The van der Waals surface area contributed by atoms with Crippen molar-refractivity contribution >= 4 is 11.8 Å². The van der Waals surface area contributed by atoms with Gasteiger partial charge in [0.15, 0.2) is 0 Å². The highest BCUT2D eigenvalue weighted by molar-refractivity contribution is 5.76. The molecule has 0 saturated carbocycles. The van der Waals surface area contributed by atoms with Gasteiger partial charge in [-0.3, -0.25) is 0 Å². The number of methoxy groups -OCH3 is 1. The van der Waals surface area contributed by atoms with Gasteiger partial charge in [-0.2, -0.15) is 0 Å². The van der Waals surface area contributed by atoms with Gasteiger partial charge >= 0.3 is 5.97 Å². The summed E-state index contributed by atoms with van der Waals surface area (Å²) in [4.78, 5) is 20.2. The zero-order valence-corrected chi connectivity index (χ0v) is 13.4. The van der Waals surface area contributed by atoms with E-state index in [0.29, 0.717) is 24.7 Å². The summed E-state index contributed by atoms with van der Waals surface area (Å²) in [7, 11) is 1.60. The number of hydrogen-bond donors (Lipinski definition) is 2. The number of carbonyl (C=O) groups is 1. The van der Waals surface area contributed by atoms with Gasteiger partial charge in [-0.1, -0.05) is 34.1 Å². The van der Waals surface area contributed by atoms with Gasteiger partial charge < -0.3 is 15.2 Å². The highest BCUT2D eigenvalue weighted by Crippen LogP contribution is 2.21. The van der Waals surface area contributed by atoms with Crippen molar-refractivity contribution in [1.29, 1.82) is 0 Å². The van der Waals surface area contributed by atoms with Crippen LogP contribution >= 0.6 is 0 Å². The Morgan fingerprint density at radius 3 is 2.57 bits per heavy atom. The quantitative estimate of drug-likeness (QED) is 0.804.